The summed E-state index contributed by atoms with van der Waals surface area (Å²) in [7, 11) is 0. The van der Waals surface area contributed by atoms with Crippen molar-refractivity contribution in [1.29, 1.82) is 0 Å². The van der Waals surface area contributed by atoms with Crippen molar-refractivity contribution in [2.45, 2.75) is 12.2 Å². The van der Waals surface area contributed by atoms with E-state index < -0.39 is 12.2 Å². The Hall–Kier alpha value is -1.68. The Balaban J connectivity index is 2.30. The van der Waals surface area contributed by atoms with E-state index in [1.54, 1.807) is 36.4 Å². The van der Waals surface area contributed by atoms with Gasteiger partial charge in [-0.05, 0) is 23.8 Å². The number of alkyl halides is 3. The molecule has 100 valence electrons. The van der Waals surface area contributed by atoms with Gasteiger partial charge >= 0.3 is 6.18 Å². The number of halogens is 4. The first kappa shape index (κ1) is 13.7. The van der Waals surface area contributed by atoms with Crippen LogP contribution in [0.4, 0.5) is 18.9 Å². The van der Waals surface area contributed by atoms with Gasteiger partial charge in [-0.1, -0.05) is 48.0 Å². The van der Waals surface area contributed by atoms with Gasteiger partial charge in [-0.2, -0.15) is 13.2 Å². The zero-order valence-electron chi connectivity index (χ0n) is 9.79. The molecular formula is C14H11ClF3N. The predicted octanol–water partition coefficient (Wildman–Crippen LogP) is 5.06. The second kappa shape index (κ2) is 5.53. The van der Waals surface area contributed by atoms with Gasteiger partial charge in [-0.3, -0.25) is 0 Å². The molecule has 0 aromatic heterocycles. The molecule has 0 aliphatic carbocycles. The average molecular weight is 286 g/mol. The Bertz CT molecular complexity index is 540. The summed E-state index contributed by atoms with van der Waals surface area (Å²) >= 11 is 5.77. The summed E-state index contributed by atoms with van der Waals surface area (Å²) in [5.74, 6) is 0. The normalized spacial score (nSPS) is 13.1. The lowest BCUT2D eigenvalue weighted by atomic mass is 10.1. The molecule has 0 aliphatic rings. The van der Waals surface area contributed by atoms with Crippen molar-refractivity contribution >= 4 is 17.3 Å². The molecule has 0 saturated heterocycles. The van der Waals surface area contributed by atoms with E-state index in [0.29, 0.717) is 10.7 Å². The molecule has 0 aliphatic heterocycles. The largest absolute Gasteiger partial charge is 0.412 e. The standard InChI is InChI=1S/C14H11ClF3N/c15-11-7-4-8-12(9-11)19-13(14(16,17)18)10-5-2-1-3-6-10/h1-9,13,19H. The highest BCUT2D eigenvalue weighted by molar-refractivity contribution is 6.30. The summed E-state index contributed by atoms with van der Waals surface area (Å²) in [6.07, 6.45) is -4.39. The van der Waals surface area contributed by atoms with Gasteiger partial charge in [-0.15, -0.1) is 0 Å². The van der Waals surface area contributed by atoms with Crippen LogP contribution in [-0.2, 0) is 0 Å². The summed E-state index contributed by atoms with van der Waals surface area (Å²) in [5, 5.41) is 2.85. The van der Waals surface area contributed by atoms with Gasteiger partial charge in [0, 0.05) is 10.7 Å². The average Bonchev–Trinajstić information content (AvgIpc) is 2.36. The molecule has 2 aromatic rings. The number of hydrogen-bond acceptors (Lipinski definition) is 1. The molecular weight excluding hydrogens is 275 g/mol. The maximum absolute atomic E-state index is 13.1. The molecule has 0 heterocycles. The summed E-state index contributed by atoms with van der Waals surface area (Å²) in [5.41, 5.74) is 0.494. The van der Waals surface area contributed by atoms with Crippen LogP contribution in [0.5, 0.6) is 0 Å². The van der Waals surface area contributed by atoms with Crippen LogP contribution in [0.1, 0.15) is 11.6 Å². The number of benzene rings is 2. The Morgan fingerprint density at radius 1 is 0.947 bits per heavy atom. The lowest BCUT2D eigenvalue weighted by molar-refractivity contribution is -0.144. The molecule has 1 N–H and O–H groups in total. The minimum absolute atomic E-state index is 0.162. The zero-order chi connectivity index (χ0) is 13.9. The molecule has 0 saturated carbocycles. The lowest BCUT2D eigenvalue weighted by Gasteiger charge is -2.23. The van der Waals surface area contributed by atoms with Crippen LogP contribution in [0.3, 0.4) is 0 Å². The Morgan fingerprint density at radius 2 is 1.63 bits per heavy atom. The summed E-state index contributed by atoms with van der Waals surface area (Å²) < 4.78 is 39.3. The van der Waals surface area contributed by atoms with Crippen molar-refractivity contribution < 1.29 is 13.2 Å². The van der Waals surface area contributed by atoms with Crippen LogP contribution in [-0.4, -0.2) is 6.18 Å². The maximum Gasteiger partial charge on any atom is 0.412 e. The van der Waals surface area contributed by atoms with Crippen LogP contribution in [0.25, 0.3) is 0 Å². The fraction of sp³-hybridized carbons (Fsp3) is 0.143. The molecule has 0 spiro atoms. The number of anilines is 1. The van der Waals surface area contributed by atoms with Gasteiger partial charge in [-0.25, -0.2) is 0 Å². The minimum atomic E-state index is -4.39. The van der Waals surface area contributed by atoms with Crippen molar-refractivity contribution in [2.75, 3.05) is 5.32 Å². The third-order valence-electron chi connectivity index (χ3n) is 2.60. The van der Waals surface area contributed by atoms with Gasteiger partial charge in [0.05, 0.1) is 0 Å². The zero-order valence-corrected chi connectivity index (χ0v) is 10.5. The van der Waals surface area contributed by atoms with Gasteiger partial charge in [0.25, 0.3) is 0 Å². The molecule has 1 unspecified atom stereocenters. The molecule has 0 radical (unpaired) electrons. The van der Waals surface area contributed by atoms with Crippen molar-refractivity contribution in [1.82, 2.24) is 0 Å². The van der Waals surface area contributed by atoms with Crippen LogP contribution >= 0.6 is 11.6 Å². The van der Waals surface area contributed by atoms with Gasteiger partial charge in [0.15, 0.2) is 0 Å². The third kappa shape index (κ3) is 3.64. The highest BCUT2D eigenvalue weighted by atomic mass is 35.5. The summed E-state index contributed by atoms with van der Waals surface area (Å²) in [4.78, 5) is 0. The molecule has 1 nitrogen and oxygen atoms in total. The number of nitrogens with one attached hydrogen (secondary N) is 1. The molecule has 19 heavy (non-hydrogen) atoms. The van der Waals surface area contributed by atoms with E-state index in [4.69, 9.17) is 11.6 Å². The maximum atomic E-state index is 13.1. The number of hydrogen-bond donors (Lipinski definition) is 1. The molecule has 5 heteroatoms. The van der Waals surface area contributed by atoms with E-state index >= 15 is 0 Å². The molecule has 2 rings (SSSR count). The van der Waals surface area contributed by atoms with Crippen LogP contribution in [0, 0.1) is 0 Å². The first-order valence-electron chi connectivity index (χ1n) is 5.60. The number of rotatable bonds is 3. The quantitative estimate of drug-likeness (QED) is 0.831. The third-order valence-corrected chi connectivity index (χ3v) is 2.83. The fourth-order valence-electron chi connectivity index (χ4n) is 1.74. The predicted molar refractivity (Wildman–Crippen MR) is 70.3 cm³/mol. The Labute approximate surface area is 114 Å². The second-order valence-corrected chi connectivity index (χ2v) is 4.48. The SMILES string of the molecule is FC(F)(F)C(Nc1cccc(Cl)c1)c1ccccc1. The van der Waals surface area contributed by atoms with Gasteiger partial charge in [0.1, 0.15) is 6.04 Å². The summed E-state index contributed by atoms with van der Waals surface area (Å²) in [6.45, 7) is 0. The molecule has 2 aromatic carbocycles. The topological polar surface area (TPSA) is 12.0 Å². The van der Waals surface area contributed by atoms with Crippen molar-refractivity contribution in [3.63, 3.8) is 0 Å². The van der Waals surface area contributed by atoms with E-state index in [9.17, 15) is 13.2 Å². The van der Waals surface area contributed by atoms with E-state index in [1.807, 2.05) is 0 Å². The van der Waals surface area contributed by atoms with Crippen molar-refractivity contribution in [3.05, 3.63) is 65.2 Å². The highest BCUT2D eigenvalue weighted by Gasteiger charge is 2.40. The second-order valence-electron chi connectivity index (χ2n) is 4.04. The van der Waals surface area contributed by atoms with Gasteiger partial charge in [0.2, 0.25) is 0 Å². The van der Waals surface area contributed by atoms with Crippen LogP contribution in [0.15, 0.2) is 54.6 Å². The highest BCUT2D eigenvalue weighted by Crippen LogP contribution is 2.35. The Morgan fingerprint density at radius 3 is 2.21 bits per heavy atom. The van der Waals surface area contributed by atoms with Gasteiger partial charge < -0.3 is 5.32 Å². The van der Waals surface area contributed by atoms with Crippen molar-refractivity contribution in [3.8, 4) is 0 Å². The lowest BCUT2D eigenvalue weighted by Crippen LogP contribution is -2.27. The smallest absolute Gasteiger partial charge is 0.370 e. The van der Waals surface area contributed by atoms with Crippen molar-refractivity contribution in [2.24, 2.45) is 0 Å². The van der Waals surface area contributed by atoms with Crippen LogP contribution < -0.4 is 5.32 Å². The molecule has 0 fully saturated rings. The van der Waals surface area contributed by atoms with E-state index in [1.165, 1.54) is 18.2 Å². The summed E-state index contributed by atoms with van der Waals surface area (Å²) in [6, 6.07) is 12.2. The molecule has 0 amide bonds. The first-order valence-corrected chi connectivity index (χ1v) is 5.98. The van der Waals surface area contributed by atoms with E-state index in [2.05, 4.69) is 5.32 Å². The van der Waals surface area contributed by atoms with E-state index in [-0.39, 0.29) is 5.56 Å². The van der Waals surface area contributed by atoms with E-state index in [0.717, 1.165) is 0 Å². The molecule has 1 atom stereocenters. The van der Waals surface area contributed by atoms with Crippen LogP contribution in [0.2, 0.25) is 5.02 Å². The minimum Gasteiger partial charge on any atom is -0.370 e. The molecule has 0 bridgehead atoms. The fourth-order valence-corrected chi connectivity index (χ4v) is 1.93. The first-order chi connectivity index (χ1) is 8.97. The monoisotopic (exact) mass is 285 g/mol. The Kier molecular flexibility index (Phi) is 4.00.